The van der Waals surface area contributed by atoms with E-state index in [1.54, 1.807) is 0 Å². The van der Waals surface area contributed by atoms with Crippen molar-refractivity contribution >= 4 is 5.97 Å². The van der Waals surface area contributed by atoms with Gasteiger partial charge in [-0.25, -0.2) is 0 Å². The van der Waals surface area contributed by atoms with Crippen LogP contribution in [0, 0.1) is 0 Å². The smallest absolute Gasteiger partial charge is 0.306 e. The molecule has 0 aromatic heterocycles. The summed E-state index contributed by atoms with van der Waals surface area (Å²) >= 11 is 0. The summed E-state index contributed by atoms with van der Waals surface area (Å²) in [6.07, 6.45) is 16.9. The molecule has 6 unspecified atom stereocenters. The highest BCUT2D eigenvalue weighted by atomic mass is 16.7. The normalized spacial score (nSPS) is 24.9. The summed E-state index contributed by atoms with van der Waals surface area (Å²) < 4.78 is 22.1. The van der Waals surface area contributed by atoms with Crippen molar-refractivity contribution in [3.05, 3.63) is 48.6 Å². The molecular weight excluding hydrogens is 504 g/mol. The number of allylic oxidation sites excluding steroid dienone is 8. The summed E-state index contributed by atoms with van der Waals surface area (Å²) in [5.74, 6) is -0.373. The van der Waals surface area contributed by atoms with Crippen LogP contribution < -0.4 is 0 Å². The molecule has 9 nitrogen and oxygen atoms in total. The molecule has 1 aliphatic rings. The quantitative estimate of drug-likeness (QED) is 0.0955. The lowest BCUT2D eigenvalue weighted by Gasteiger charge is -2.39. The van der Waals surface area contributed by atoms with Gasteiger partial charge >= 0.3 is 5.97 Å². The van der Waals surface area contributed by atoms with E-state index in [4.69, 9.17) is 18.9 Å². The van der Waals surface area contributed by atoms with Crippen LogP contribution >= 0.6 is 0 Å². The standard InChI is InChI=1S/C30H50O9/c1-3-5-7-8-9-10-11-12-13-14-15-16-17-18-20-36-22-24(38-26(32)19-6-4-2)23-37-30-29(35)28(34)27(33)25(21-31)39-30/h5,7,9-10,12-13,15-16,24-25,27-31,33-35H,3-4,6,8,11,14,17-23H2,1-2H3/b7-5-,10-9-,13-12-,16-15-. The molecule has 224 valence electrons. The van der Waals surface area contributed by atoms with Gasteiger partial charge in [0.05, 0.1) is 19.8 Å². The van der Waals surface area contributed by atoms with Crippen LogP contribution in [0.2, 0.25) is 0 Å². The largest absolute Gasteiger partial charge is 0.457 e. The Morgan fingerprint density at radius 2 is 1.49 bits per heavy atom. The Morgan fingerprint density at radius 3 is 2.10 bits per heavy atom. The van der Waals surface area contributed by atoms with E-state index in [1.807, 2.05) is 6.92 Å². The predicted octanol–water partition coefficient (Wildman–Crippen LogP) is 3.51. The molecule has 0 saturated carbocycles. The number of carbonyl (C=O) groups excluding carboxylic acids is 1. The van der Waals surface area contributed by atoms with E-state index in [0.717, 1.165) is 44.9 Å². The van der Waals surface area contributed by atoms with Gasteiger partial charge in [0.15, 0.2) is 6.29 Å². The van der Waals surface area contributed by atoms with Crippen LogP contribution in [0.1, 0.15) is 71.6 Å². The second-order valence-corrected chi connectivity index (χ2v) is 9.46. The van der Waals surface area contributed by atoms with Crippen LogP contribution in [0.4, 0.5) is 0 Å². The summed E-state index contributed by atoms with van der Waals surface area (Å²) in [7, 11) is 0. The Kier molecular flexibility index (Phi) is 20.7. The number of aliphatic hydroxyl groups excluding tert-OH is 4. The first kappa shape index (κ1) is 35.2. The van der Waals surface area contributed by atoms with Gasteiger partial charge in [-0.1, -0.05) is 68.9 Å². The Bertz CT molecular complexity index is 732. The minimum absolute atomic E-state index is 0.101. The van der Waals surface area contributed by atoms with E-state index >= 15 is 0 Å². The molecule has 0 spiro atoms. The Hall–Kier alpha value is -1.85. The fraction of sp³-hybridized carbons (Fsp3) is 0.700. The van der Waals surface area contributed by atoms with Gasteiger partial charge in [0.1, 0.15) is 30.5 Å². The van der Waals surface area contributed by atoms with Crippen LogP contribution in [0.3, 0.4) is 0 Å². The van der Waals surface area contributed by atoms with E-state index in [0.29, 0.717) is 13.0 Å². The maximum atomic E-state index is 12.2. The minimum atomic E-state index is -1.54. The van der Waals surface area contributed by atoms with Gasteiger partial charge in [-0.05, 0) is 44.9 Å². The van der Waals surface area contributed by atoms with Crippen molar-refractivity contribution in [3.8, 4) is 0 Å². The van der Waals surface area contributed by atoms with E-state index in [9.17, 15) is 25.2 Å². The molecular formula is C30H50O9. The van der Waals surface area contributed by atoms with Gasteiger partial charge in [-0.2, -0.15) is 0 Å². The molecule has 0 aliphatic carbocycles. The van der Waals surface area contributed by atoms with Crippen LogP contribution in [0.5, 0.6) is 0 Å². The lowest BCUT2D eigenvalue weighted by atomic mass is 9.99. The number of rotatable bonds is 21. The van der Waals surface area contributed by atoms with Crippen molar-refractivity contribution in [3.63, 3.8) is 0 Å². The summed E-state index contributed by atoms with van der Waals surface area (Å²) in [5, 5.41) is 39.3. The van der Waals surface area contributed by atoms with Crippen molar-refractivity contribution in [1.29, 1.82) is 0 Å². The van der Waals surface area contributed by atoms with Crippen LogP contribution in [-0.2, 0) is 23.7 Å². The lowest BCUT2D eigenvalue weighted by molar-refractivity contribution is -0.305. The summed E-state index contributed by atoms with van der Waals surface area (Å²) in [6, 6.07) is 0. The first-order valence-electron chi connectivity index (χ1n) is 14.2. The molecule has 0 radical (unpaired) electrons. The summed E-state index contributed by atoms with van der Waals surface area (Å²) in [4.78, 5) is 12.2. The Balaban J connectivity index is 2.35. The van der Waals surface area contributed by atoms with Crippen molar-refractivity contribution < 1.29 is 44.2 Å². The first-order chi connectivity index (χ1) is 18.9. The van der Waals surface area contributed by atoms with E-state index in [1.165, 1.54) is 0 Å². The number of aliphatic hydroxyl groups is 4. The van der Waals surface area contributed by atoms with Crippen LogP contribution in [0.25, 0.3) is 0 Å². The van der Waals surface area contributed by atoms with Crippen molar-refractivity contribution in [2.45, 2.75) is 108 Å². The topological polar surface area (TPSA) is 135 Å². The molecule has 1 rings (SSSR count). The number of esters is 1. The third-order valence-corrected chi connectivity index (χ3v) is 6.01. The summed E-state index contributed by atoms with van der Waals surface area (Å²) in [6.45, 7) is 3.99. The highest BCUT2D eigenvalue weighted by Gasteiger charge is 2.44. The zero-order valence-electron chi connectivity index (χ0n) is 23.6. The SMILES string of the molecule is CC/C=C\C/C=C\C/C=C\C/C=C\CCCOCC(COC1OC(CO)C(O)C(O)C1O)OC(=O)CCCC. The summed E-state index contributed by atoms with van der Waals surface area (Å²) in [5.41, 5.74) is 0. The number of hydrogen-bond acceptors (Lipinski definition) is 9. The van der Waals surface area contributed by atoms with Crippen molar-refractivity contribution in [2.75, 3.05) is 26.4 Å². The Labute approximate surface area is 233 Å². The second-order valence-electron chi connectivity index (χ2n) is 9.46. The van der Waals surface area contributed by atoms with E-state index < -0.39 is 43.4 Å². The van der Waals surface area contributed by atoms with Gasteiger partial charge in [-0.3, -0.25) is 4.79 Å². The van der Waals surface area contributed by atoms with Crippen LogP contribution in [0.15, 0.2) is 48.6 Å². The average molecular weight is 555 g/mol. The van der Waals surface area contributed by atoms with E-state index in [-0.39, 0.29) is 25.6 Å². The molecule has 1 aliphatic heterocycles. The number of ether oxygens (including phenoxy) is 4. The van der Waals surface area contributed by atoms with Crippen LogP contribution in [-0.4, -0.2) is 89.6 Å². The molecule has 0 amide bonds. The molecule has 1 heterocycles. The molecule has 1 fully saturated rings. The lowest BCUT2D eigenvalue weighted by Crippen LogP contribution is -2.59. The number of hydrogen-bond donors (Lipinski definition) is 4. The van der Waals surface area contributed by atoms with E-state index in [2.05, 4.69) is 55.5 Å². The molecule has 4 N–H and O–H groups in total. The maximum Gasteiger partial charge on any atom is 0.306 e. The van der Waals surface area contributed by atoms with Gasteiger partial charge in [0.25, 0.3) is 0 Å². The Morgan fingerprint density at radius 1 is 0.846 bits per heavy atom. The monoisotopic (exact) mass is 554 g/mol. The third-order valence-electron chi connectivity index (χ3n) is 6.01. The second kappa shape index (κ2) is 22.9. The molecule has 1 saturated heterocycles. The molecule has 0 aromatic rings. The number of carbonyl (C=O) groups is 1. The molecule has 0 aromatic carbocycles. The van der Waals surface area contributed by atoms with Crippen molar-refractivity contribution in [1.82, 2.24) is 0 Å². The fourth-order valence-corrected chi connectivity index (χ4v) is 3.70. The molecule has 9 heteroatoms. The molecule has 0 bridgehead atoms. The average Bonchev–Trinajstić information content (AvgIpc) is 2.93. The number of unbranched alkanes of at least 4 members (excludes halogenated alkanes) is 2. The van der Waals surface area contributed by atoms with Gasteiger partial charge in [0, 0.05) is 13.0 Å². The van der Waals surface area contributed by atoms with Gasteiger partial charge < -0.3 is 39.4 Å². The van der Waals surface area contributed by atoms with Gasteiger partial charge in [0.2, 0.25) is 0 Å². The molecule has 6 atom stereocenters. The van der Waals surface area contributed by atoms with Gasteiger partial charge in [-0.15, -0.1) is 0 Å². The highest BCUT2D eigenvalue weighted by Crippen LogP contribution is 2.22. The zero-order chi connectivity index (χ0) is 28.7. The zero-order valence-corrected chi connectivity index (χ0v) is 23.6. The maximum absolute atomic E-state index is 12.2. The first-order valence-corrected chi connectivity index (χ1v) is 14.2. The third kappa shape index (κ3) is 16.1. The minimum Gasteiger partial charge on any atom is -0.457 e. The highest BCUT2D eigenvalue weighted by molar-refractivity contribution is 5.69. The van der Waals surface area contributed by atoms with Crippen molar-refractivity contribution in [2.24, 2.45) is 0 Å². The molecule has 39 heavy (non-hydrogen) atoms. The fourth-order valence-electron chi connectivity index (χ4n) is 3.70. The predicted molar refractivity (Wildman–Crippen MR) is 150 cm³/mol.